The molecule has 3 rings (SSSR count). The fraction of sp³-hybridized carbons (Fsp3) is 0.0588. The van der Waals surface area contributed by atoms with Gasteiger partial charge in [-0.25, -0.2) is 0 Å². The Labute approximate surface area is 111 Å². The van der Waals surface area contributed by atoms with Crippen LogP contribution in [0.3, 0.4) is 0 Å². The second-order valence-corrected chi connectivity index (χ2v) is 4.57. The van der Waals surface area contributed by atoms with Gasteiger partial charge in [0, 0.05) is 5.57 Å². The molecule has 0 atom stereocenters. The molecule has 1 aliphatic rings. The molecule has 0 N–H and O–H groups in total. The number of nitriles is 2. The predicted molar refractivity (Wildman–Crippen MR) is 74.9 cm³/mol. The molecule has 0 unspecified atom stereocenters. The standard InChI is InChI=1S/C17H10N2/c1-11-8-13-6-2-4-12-5-3-7-15(17(12)13)16(11)14(9-18)10-19/h2-7H,1,8H2. The molecule has 2 heteroatoms. The van der Waals surface area contributed by atoms with Gasteiger partial charge >= 0.3 is 0 Å². The molecule has 0 aliphatic heterocycles. The van der Waals surface area contributed by atoms with Gasteiger partial charge in [0.05, 0.1) is 0 Å². The Morgan fingerprint density at radius 2 is 1.74 bits per heavy atom. The maximum Gasteiger partial charge on any atom is 0.137 e. The van der Waals surface area contributed by atoms with Crippen LogP contribution in [0.4, 0.5) is 0 Å². The van der Waals surface area contributed by atoms with Gasteiger partial charge in [-0.05, 0) is 33.9 Å². The molecule has 0 amide bonds. The quantitative estimate of drug-likeness (QED) is 0.660. The summed E-state index contributed by atoms with van der Waals surface area (Å²) in [5, 5.41) is 20.5. The maximum atomic E-state index is 9.13. The Hall–Kier alpha value is -2.84. The van der Waals surface area contributed by atoms with E-state index in [0.29, 0.717) is 12.0 Å². The van der Waals surface area contributed by atoms with Crippen molar-refractivity contribution in [2.75, 3.05) is 0 Å². The van der Waals surface area contributed by atoms with E-state index in [0.717, 1.165) is 21.9 Å². The summed E-state index contributed by atoms with van der Waals surface area (Å²) in [5.41, 5.74) is 3.84. The largest absolute Gasteiger partial charge is 0.192 e. The summed E-state index contributed by atoms with van der Waals surface area (Å²) in [6, 6.07) is 16.1. The van der Waals surface area contributed by atoms with Crippen molar-refractivity contribution in [3.8, 4) is 12.1 Å². The predicted octanol–water partition coefficient (Wildman–Crippen LogP) is 3.75. The van der Waals surface area contributed by atoms with Gasteiger partial charge in [-0.1, -0.05) is 43.0 Å². The summed E-state index contributed by atoms with van der Waals surface area (Å²) in [4.78, 5) is 0. The van der Waals surface area contributed by atoms with Gasteiger partial charge in [0.2, 0.25) is 0 Å². The van der Waals surface area contributed by atoms with Crippen LogP contribution in [0.15, 0.2) is 54.1 Å². The van der Waals surface area contributed by atoms with Crippen molar-refractivity contribution in [2.45, 2.75) is 6.42 Å². The topological polar surface area (TPSA) is 47.6 Å². The first-order chi connectivity index (χ1) is 9.26. The van der Waals surface area contributed by atoms with Gasteiger partial charge in [-0.3, -0.25) is 0 Å². The van der Waals surface area contributed by atoms with Crippen molar-refractivity contribution in [1.82, 2.24) is 0 Å². The first kappa shape index (κ1) is 11.3. The fourth-order valence-electron chi connectivity index (χ4n) is 2.73. The van der Waals surface area contributed by atoms with Crippen LogP contribution in [0.1, 0.15) is 11.1 Å². The first-order valence-electron chi connectivity index (χ1n) is 6.00. The Morgan fingerprint density at radius 1 is 1.05 bits per heavy atom. The molecule has 2 aromatic carbocycles. The zero-order chi connectivity index (χ0) is 13.4. The first-order valence-corrected chi connectivity index (χ1v) is 6.00. The molecule has 88 valence electrons. The molecule has 19 heavy (non-hydrogen) atoms. The SMILES string of the molecule is C=C1Cc2cccc3cccc(c23)C1=C(C#N)C#N. The van der Waals surface area contributed by atoms with E-state index in [1.807, 2.05) is 42.5 Å². The molecule has 0 aromatic heterocycles. The van der Waals surface area contributed by atoms with Gasteiger partial charge in [-0.15, -0.1) is 0 Å². The van der Waals surface area contributed by atoms with E-state index in [4.69, 9.17) is 10.5 Å². The van der Waals surface area contributed by atoms with E-state index in [9.17, 15) is 0 Å². The van der Waals surface area contributed by atoms with Crippen molar-refractivity contribution < 1.29 is 0 Å². The van der Waals surface area contributed by atoms with Gasteiger partial charge in [0.1, 0.15) is 17.7 Å². The minimum Gasteiger partial charge on any atom is -0.192 e. The summed E-state index contributed by atoms with van der Waals surface area (Å²) in [5.74, 6) is 0. The zero-order valence-corrected chi connectivity index (χ0v) is 10.3. The molecule has 0 bridgehead atoms. The van der Waals surface area contributed by atoms with E-state index in [-0.39, 0.29) is 5.57 Å². The minimum atomic E-state index is 0.145. The highest BCUT2D eigenvalue weighted by Gasteiger charge is 2.22. The van der Waals surface area contributed by atoms with E-state index >= 15 is 0 Å². The van der Waals surface area contributed by atoms with Crippen LogP contribution in [0.5, 0.6) is 0 Å². The molecule has 0 radical (unpaired) electrons. The number of hydrogen-bond acceptors (Lipinski definition) is 2. The van der Waals surface area contributed by atoms with Gasteiger partial charge in [0.15, 0.2) is 0 Å². The van der Waals surface area contributed by atoms with Crippen molar-refractivity contribution in [3.05, 3.63) is 65.3 Å². The van der Waals surface area contributed by atoms with Crippen LogP contribution in [0.2, 0.25) is 0 Å². The lowest BCUT2D eigenvalue weighted by Gasteiger charge is -2.22. The summed E-state index contributed by atoms with van der Waals surface area (Å²) in [6.45, 7) is 4.04. The lowest BCUT2D eigenvalue weighted by Crippen LogP contribution is -2.05. The normalized spacial score (nSPS) is 12.9. The molecule has 0 saturated heterocycles. The van der Waals surface area contributed by atoms with Crippen LogP contribution in [-0.2, 0) is 6.42 Å². The Kier molecular flexibility index (Phi) is 2.44. The average Bonchev–Trinajstić information content (AvgIpc) is 2.43. The van der Waals surface area contributed by atoms with Crippen LogP contribution in [0.25, 0.3) is 16.3 Å². The van der Waals surface area contributed by atoms with Crippen molar-refractivity contribution >= 4 is 16.3 Å². The zero-order valence-electron chi connectivity index (χ0n) is 10.3. The molecule has 1 aliphatic carbocycles. The van der Waals surface area contributed by atoms with Gasteiger partial charge in [0.25, 0.3) is 0 Å². The number of rotatable bonds is 0. The fourth-order valence-corrected chi connectivity index (χ4v) is 2.73. The lowest BCUT2D eigenvalue weighted by molar-refractivity contribution is 1.21. The van der Waals surface area contributed by atoms with Crippen LogP contribution < -0.4 is 0 Å². The van der Waals surface area contributed by atoms with Crippen molar-refractivity contribution in [3.63, 3.8) is 0 Å². The molecular weight excluding hydrogens is 232 g/mol. The molecule has 0 spiro atoms. The summed E-state index contributed by atoms with van der Waals surface area (Å²) >= 11 is 0. The number of nitrogens with zero attached hydrogens (tertiary/aromatic N) is 2. The molecule has 2 nitrogen and oxygen atoms in total. The second kappa shape index (κ2) is 4.12. The summed E-state index contributed by atoms with van der Waals surface area (Å²) in [6.07, 6.45) is 0.691. The smallest absolute Gasteiger partial charge is 0.137 e. The van der Waals surface area contributed by atoms with Gasteiger partial charge in [-0.2, -0.15) is 10.5 Å². The number of allylic oxidation sites excluding steroid dienone is 3. The molecule has 0 fully saturated rings. The Morgan fingerprint density at radius 3 is 2.42 bits per heavy atom. The Bertz CT molecular complexity index is 805. The summed E-state index contributed by atoms with van der Waals surface area (Å²) in [7, 11) is 0. The monoisotopic (exact) mass is 242 g/mol. The third-order valence-electron chi connectivity index (χ3n) is 3.49. The van der Waals surface area contributed by atoms with Crippen LogP contribution in [-0.4, -0.2) is 0 Å². The van der Waals surface area contributed by atoms with Crippen molar-refractivity contribution in [1.29, 1.82) is 10.5 Å². The van der Waals surface area contributed by atoms with Crippen LogP contribution >= 0.6 is 0 Å². The van der Waals surface area contributed by atoms with Gasteiger partial charge < -0.3 is 0 Å². The number of hydrogen-bond donors (Lipinski definition) is 0. The number of benzene rings is 2. The van der Waals surface area contributed by atoms with Crippen LogP contribution in [0, 0.1) is 22.7 Å². The highest BCUT2D eigenvalue weighted by molar-refractivity contribution is 6.04. The second-order valence-electron chi connectivity index (χ2n) is 4.57. The molecular formula is C17H10N2. The lowest BCUT2D eigenvalue weighted by atomic mass is 9.81. The minimum absolute atomic E-state index is 0.145. The molecule has 0 heterocycles. The van der Waals surface area contributed by atoms with Crippen molar-refractivity contribution in [2.24, 2.45) is 0 Å². The van der Waals surface area contributed by atoms with E-state index in [1.54, 1.807) is 0 Å². The highest BCUT2D eigenvalue weighted by atomic mass is 14.3. The summed E-state index contributed by atoms with van der Waals surface area (Å²) < 4.78 is 0. The van der Waals surface area contributed by atoms with E-state index < -0.39 is 0 Å². The van der Waals surface area contributed by atoms with E-state index in [1.165, 1.54) is 5.56 Å². The third-order valence-corrected chi connectivity index (χ3v) is 3.49. The maximum absolute atomic E-state index is 9.13. The highest BCUT2D eigenvalue weighted by Crippen LogP contribution is 2.39. The Balaban J connectivity index is 2.50. The molecule has 0 saturated carbocycles. The third kappa shape index (κ3) is 1.55. The van der Waals surface area contributed by atoms with E-state index in [2.05, 4.69) is 12.6 Å². The molecule has 2 aromatic rings. The average molecular weight is 242 g/mol.